The SMILES string of the molecule is C1CCOC1.C1CCOC1.C1CCOC1.C1CCOC1.C1CCOC1.C1CCOC1.C1CCOC1.C1CCOC1.C1CCOC1.C1CCOC1.C1CCOC1.C1CCOC1.C[Si](C)(C)[N-][Si](C)(C)C.C[Si](C)(C)[N-][Si](C)(C)C.C[Si](C)(C)[N-][Si](C)(C)C.C[Si](C)(C)[N-][Si](C)(C)C.C[Si](C)(C)[N-][Si](C)(C)C.C[Si](C)(C)[N-][Si](C)(C)C.C[Si](C)(C)[N-][Si](C)(C)C.C[Si](C)(C)[N-][Si](C)(C)C.[K+].[K+].[Pr+3].[Pr+3]. The van der Waals surface area contributed by atoms with E-state index in [0.717, 1.165) is 159 Å². The van der Waals surface area contributed by atoms with Crippen molar-refractivity contribution in [1.29, 1.82) is 0 Å². The van der Waals surface area contributed by atoms with Crippen LogP contribution in [0.25, 0.3) is 37.2 Å². The molecule has 0 saturated carbocycles. The van der Waals surface area contributed by atoms with Gasteiger partial charge in [0.05, 0.1) is 0 Å². The second-order valence-corrected chi connectivity index (χ2v) is 128. The zero-order valence-electron chi connectivity index (χ0n) is 102. The normalized spacial score (nSPS) is 18.0. The monoisotopic (exact) mass is 2510 g/mol. The molecule has 0 spiro atoms. The number of hydrogen-bond donors (Lipinski definition) is 0. The van der Waals surface area contributed by atoms with Gasteiger partial charge in [0.2, 0.25) is 0 Å². The van der Waals surface area contributed by atoms with Gasteiger partial charge in [-0.05, 0) is 154 Å². The summed E-state index contributed by atoms with van der Waals surface area (Å²) in [6.45, 7) is 134. The Balaban J connectivity index is -0.000000119. The van der Waals surface area contributed by atoms with Crippen LogP contribution in [0.3, 0.4) is 0 Å². The Morgan fingerprint density at radius 2 is 0.132 bits per heavy atom. The van der Waals surface area contributed by atoms with E-state index in [1.165, 1.54) is 154 Å². The molecule has 0 aliphatic carbocycles. The Bertz CT molecular complexity index is 1700. The van der Waals surface area contributed by atoms with Gasteiger partial charge < -0.3 is 94.0 Å². The number of nitrogens with zero attached hydrogens (tertiary/aromatic N) is 8. The maximum Gasteiger partial charge on any atom is 3.00 e. The summed E-state index contributed by atoms with van der Waals surface area (Å²) in [6.07, 6.45) is 30.7. The summed E-state index contributed by atoms with van der Waals surface area (Å²) in [5.74, 6) is 0. The molecule has 136 heavy (non-hydrogen) atoms. The molecule has 12 saturated heterocycles. The largest absolute Gasteiger partial charge is 3.00 e. The Morgan fingerprint density at radius 1 is 0.0956 bits per heavy atom. The molecule has 20 nitrogen and oxygen atoms in total. The summed E-state index contributed by atoms with van der Waals surface area (Å²) in [5.41, 5.74) is 0. The molecule has 12 heterocycles. The fourth-order valence-electron chi connectivity index (χ4n) is 14.2. The molecule has 0 bridgehead atoms. The van der Waals surface area contributed by atoms with Crippen LogP contribution in [-0.2, 0) is 56.8 Å². The van der Waals surface area contributed by atoms with Gasteiger partial charge in [0.25, 0.3) is 0 Å². The van der Waals surface area contributed by atoms with Crippen LogP contribution >= 0.6 is 0 Å². The molecule has 0 aromatic rings. The molecular formula is C96H240K2N8O12Pr2Si16. The van der Waals surface area contributed by atoms with Crippen LogP contribution in [0.2, 0.25) is 314 Å². The number of rotatable bonds is 16. The third-order valence-electron chi connectivity index (χ3n) is 15.3. The van der Waals surface area contributed by atoms with Crippen molar-refractivity contribution in [3.63, 3.8) is 0 Å². The zero-order valence-corrected chi connectivity index (χ0v) is 131. The maximum atomic E-state index is 4.94. The van der Waals surface area contributed by atoms with E-state index in [-0.39, 0.29) is 185 Å². The first-order valence-electron chi connectivity index (χ1n) is 52.5. The topological polar surface area (TPSA) is 224 Å². The van der Waals surface area contributed by atoms with Crippen molar-refractivity contribution in [1.82, 2.24) is 0 Å². The molecule has 12 rings (SSSR count). The smallest absolute Gasteiger partial charge is 0.668 e. The van der Waals surface area contributed by atoms with Crippen LogP contribution in [0.5, 0.6) is 0 Å². The van der Waals surface area contributed by atoms with Crippen molar-refractivity contribution < 1.29 is 242 Å². The average Bonchev–Trinajstić information content (AvgIpc) is 1.40. The summed E-state index contributed by atoms with van der Waals surface area (Å²) in [5, 5.41) is 0. The minimum absolute atomic E-state index is 0. The summed E-state index contributed by atoms with van der Waals surface area (Å²) >= 11 is 0. The van der Waals surface area contributed by atoms with Gasteiger partial charge >= 0.3 is 185 Å². The van der Waals surface area contributed by atoms with E-state index in [9.17, 15) is 0 Å². The van der Waals surface area contributed by atoms with Crippen LogP contribution in [0.4, 0.5) is 0 Å². The standard InChI is InChI=1S/8C6H18NSi2.12C4H8O.2K.2Pr/c8*1-8(2,3)7-9(4,5)6;12*1-2-4-5-3-1;;;;/h8*1-6H3;12*1-4H2;;;;/q8*-1;;;;;;;;;;;;;2*+1;2*+3. The first kappa shape index (κ1) is 170. The molecule has 0 radical (unpaired) electrons. The fourth-order valence-corrected chi connectivity index (χ4v) is 78.6. The van der Waals surface area contributed by atoms with Crippen molar-refractivity contribution in [2.45, 2.75) is 468 Å². The molecule has 40 heteroatoms. The molecule has 0 unspecified atom stereocenters. The molecule has 0 N–H and O–H groups in total. The Morgan fingerprint density at radius 3 is 0.140 bits per heavy atom. The van der Waals surface area contributed by atoms with Gasteiger partial charge in [-0.15, -0.1) is 0 Å². The first-order chi connectivity index (χ1) is 59.7. The van der Waals surface area contributed by atoms with Crippen molar-refractivity contribution >= 4 is 132 Å². The molecule has 12 fully saturated rings. The first-order valence-corrected chi connectivity index (χ1v) is 108. The van der Waals surface area contributed by atoms with Gasteiger partial charge in [0, 0.05) is 159 Å². The van der Waals surface area contributed by atoms with Crippen LogP contribution in [0.1, 0.15) is 154 Å². The van der Waals surface area contributed by atoms with Crippen LogP contribution in [0, 0.1) is 82.6 Å². The number of hydrogen-bond acceptors (Lipinski definition) is 12. The van der Waals surface area contributed by atoms with Gasteiger partial charge in [-0.1, -0.05) is 446 Å². The van der Waals surface area contributed by atoms with E-state index in [1.807, 2.05) is 0 Å². The zero-order chi connectivity index (χ0) is 104. The summed E-state index contributed by atoms with van der Waals surface area (Å²) in [7, 11) is -17.7. The van der Waals surface area contributed by atoms with E-state index in [2.05, 4.69) is 314 Å². The van der Waals surface area contributed by atoms with Crippen molar-refractivity contribution in [2.24, 2.45) is 0 Å². The summed E-state index contributed by atoms with van der Waals surface area (Å²) in [4.78, 5) is 0. The Labute approximate surface area is 1020 Å². The minimum Gasteiger partial charge on any atom is -0.668 e. The van der Waals surface area contributed by atoms with E-state index < -0.39 is 132 Å². The van der Waals surface area contributed by atoms with E-state index in [4.69, 9.17) is 94.0 Å². The van der Waals surface area contributed by atoms with Gasteiger partial charge in [-0.3, -0.25) is 0 Å². The summed E-state index contributed by atoms with van der Waals surface area (Å²) in [6, 6.07) is 0. The predicted octanol–water partition coefficient (Wildman–Crippen LogP) is 27.8. The van der Waals surface area contributed by atoms with Crippen molar-refractivity contribution in [3.8, 4) is 0 Å². The molecular weight excluding hydrogens is 2270 g/mol. The Kier molecular flexibility index (Phi) is 122. The molecule has 0 atom stereocenters. The minimum atomic E-state index is -1.11. The molecule has 12 aliphatic heterocycles. The van der Waals surface area contributed by atoms with E-state index >= 15 is 0 Å². The molecule has 808 valence electrons. The number of ether oxygens (including phenoxy) is 12. The Hall–Kier alpha value is 8.67. The van der Waals surface area contributed by atoms with Gasteiger partial charge in [-0.25, -0.2) is 0 Å². The second-order valence-electron chi connectivity index (χ2n) is 51.5. The average molecular weight is 2510 g/mol. The van der Waals surface area contributed by atoms with Crippen LogP contribution in [0.15, 0.2) is 0 Å². The van der Waals surface area contributed by atoms with E-state index in [1.54, 1.807) is 0 Å². The van der Waals surface area contributed by atoms with Crippen LogP contribution < -0.4 is 103 Å². The molecule has 0 aromatic carbocycles. The van der Waals surface area contributed by atoms with Gasteiger partial charge in [-0.2, -0.15) is 0 Å². The fraction of sp³-hybridized carbons (Fsp3) is 1.00. The van der Waals surface area contributed by atoms with Gasteiger partial charge in [0.15, 0.2) is 0 Å². The third kappa shape index (κ3) is 210. The van der Waals surface area contributed by atoms with Crippen molar-refractivity contribution in [2.75, 3.05) is 159 Å². The second kappa shape index (κ2) is 98.1. The molecule has 0 aromatic heterocycles. The molecule has 12 aliphatic rings. The maximum absolute atomic E-state index is 4.94. The van der Waals surface area contributed by atoms with Crippen molar-refractivity contribution in [3.05, 3.63) is 37.2 Å². The molecule has 0 amide bonds. The summed E-state index contributed by atoms with van der Waals surface area (Å²) < 4.78 is 97.9. The third-order valence-corrected chi connectivity index (χ3v) is 58.2. The quantitative estimate of drug-likeness (QED) is 0.132. The van der Waals surface area contributed by atoms with Crippen LogP contribution in [-0.4, -0.2) is 290 Å². The predicted molar refractivity (Wildman–Crippen MR) is 641 cm³/mol. The van der Waals surface area contributed by atoms with Gasteiger partial charge in [0.1, 0.15) is 0 Å². The van der Waals surface area contributed by atoms with E-state index in [0.29, 0.717) is 0 Å².